The van der Waals surface area contributed by atoms with Crippen molar-refractivity contribution < 1.29 is 0 Å². The van der Waals surface area contributed by atoms with Crippen molar-refractivity contribution in [2.24, 2.45) is 23.7 Å². The van der Waals surface area contributed by atoms with Gasteiger partial charge in [-0.25, -0.2) is 4.98 Å². The minimum absolute atomic E-state index is 0.0956. The summed E-state index contributed by atoms with van der Waals surface area (Å²) in [6.45, 7) is 0. The van der Waals surface area contributed by atoms with E-state index >= 15 is 0 Å². The highest BCUT2D eigenvalue weighted by Gasteiger charge is 2.61. The highest BCUT2D eigenvalue weighted by atomic mass is 15.2. The summed E-state index contributed by atoms with van der Waals surface area (Å²) in [5, 5.41) is 2.50. The minimum Gasteiger partial charge on any atom is -0.278 e. The van der Waals surface area contributed by atoms with Crippen molar-refractivity contribution >= 4 is 21.8 Å². The van der Waals surface area contributed by atoms with Crippen molar-refractivity contribution in [2.45, 2.75) is 37.5 Å². The van der Waals surface area contributed by atoms with E-state index in [1.54, 1.807) is 11.1 Å². The molecule has 2 aromatic heterocycles. The van der Waals surface area contributed by atoms with Crippen LogP contribution in [-0.4, -0.2) is 19.5 Å². The molecular formula is C43H34N4. The predicted molar refractivity (Wildman–Crippen MR) is 188 cm³/mol. The van der Waals surface area contributed by atoms with E-state index in [0.717, 1.165) is 28.5 Å². The summed E-state index contributed by atoms with van der Waals surface area (Å²) >= 11 is 0. The predicted octanol–water partition coefficient (Wildman–Crippen LogP) is 10.0. The first-order chi connectivity index (χ1) is 23.3. The Hall–Kier alpha value is -5.09. The molecule has 4 heteroatoms. The zero-order valence-corrected chi connectivity index (χ0v) is 26.2. The Balaban J connectivity index is 1.22. The molecule has 4 bridgehead atoms. The maximum atomic E-state index is 5.22. The summed E-state index contributed by atoms with van der Waals surface area (Å²) in [6.07, 6.45) is 6.94. The molecule has 5 aliphatic carbocycles. The largest absolute Gasteiger partial charge is 0.278 e. The first-order valence-electron chi connectivity index (χ1n) is 17.3. The molecule has 5 aromatic carbocycles. The van der Waals surface area contributed by atoms with Crippen molar-refractivity contribution in [2.75, 3.05) is 0 Å². The highest BCUT2D eigenvalue weighted by molar-refractivity contribution is 6.11. The Morgan fingerprint density at radius 3 is 1.77 bits per heavy atom. The highest BCUT2D eigenvalue weighted by Crippen LogP contribution is 2.69. The summed E-state index contributed by atoms with van der Waals surface area (Å²) in [5.74, 6) is 5.28. The third kappa shape index (κ3) is 3.51. The van der Waals surface area contributed by atoms with Crippen LogP contribution in [0.5, 0.6) is 0 Å². The van der Waals surface area contributed by atoms with Gasteiger partial charge in [0.2, 0.25) is 5.95 Å². The first-order valence-corrected chi connectivity index (χ1v) is 17.3. The van der Waals surface area contributed by atoms with Gasteiger partial charge in [0.1, 0.15) is 0 Å². The molecule has 7 aromatic rings. The van der Waals surface area contributed by atoms with Crippen LogP contribution in [0, 0.1) is 23.7 Å². The lowest BCUT2D eigenvalue weighted by molar-refractivity contribution is -0.0399. The zero-order valence-electron chi connectivity index (χ0n) is 26.2. The van der Waals surface area contributed by atoms with Crippen LogP contribution in [0.4, 0.5) is 0 Å². The van der Waals surface area contributed by atoms with E-state index in [2.05, 4.69) is 89.5 Å². The molecule has 12 rings (SSSR count). The lowest BCUT2D eigenvalue weighted by atomic mass is 9.43. The van der Waals surface area contributed by atoms with Crippen molar-refractivity contribution in [1.29, 1.82) is 0 Å². The van der Waals surface area contributed by atoms with Gasteiger partial charge in [-0.3, -0.25) is 4.57 Å². The Morgan fingerprint density at radius 1 is 0.489 bits per heavy atom. The molecule has 47 heavy (non-hydrogen) atoms. The average Bonchev–Trinajstić information content (AvgIpc) is 3.60. The molecule has 1 spiro atoms. The van der Waals surface area contributed by atoms with Crippen molar-refractivity contribution in [3.8, 4) is 39.9 Å². The number of rotatable bonds is 3. The van der Waals surface area contributed by atoms with E-state index in [4.69, 9.17) is 15.0 Å². The normalized spacial score (nSPS) is 25.1. The van der Waals surface area contributed by atoms with Gasteiger partial charge in [-0.1, -0.05) is 103 Å². The van der Waals surface area contributed by atoms with E-state index in [9.17, 15) is 0 Å². The second-order valence-electron chi connectivity index (χ2n) is 14.5. The van der Waals surface area contributed by atoms with Gasteiger partial charge in [0, 0.05) is 27.3 Å². The van der Waals surface area contributed by atoms with Gasteiger partial charge in [-0.15, -0.1) is 0 Å². The number of fused-ring (bicyclic) bond motifs is 6. The second-order valence-corrected chi connectivity index (χ2v) is 14.5. The zero-order chi connectivity index (χ0) is 30.7. The van der Waals surface area contributed by atoms with Crippen LogP contribution in [0.3, 0.4) is 0 Å². The van der Waals surface area contributed by atoms with Gasteiger partial charge in [0.25, 0.3) is 0 Å². The number of hydrogen-bond donors (Lipinski definition) is 0. The molecule has 4 saturated carbocycles. The summed E-state index contributed by atoms with van der Waals surface area (Å²) in [4.78, 5) is 15.5. The Morgan fingerprint density at radius 2 is 1.09 bits per heavy atom. The Labute approximate surface area is 274 Å². The maximum Gasteiger partial charge on any atom is 0.238 e. The van der Waals surface area contributed by atoms with E-state index in [-0.39, 0.29) is 5.41 Å². The second kappa shape index (κ2) is 9.48. The fourth-order valence-corrected chi connectivity index (χ4v) is 10.7. The van der Waals surface area contributed by atoms with Gasteiger partial charge >= 0.3 is 0 Å². The summed E-state index contributed by atoms with van der Waals surface area (Å²) in [6, 6.07) is 43.9. The fourth-order valence-electron chi connectivity index (χ4n) is 10.7. The lowest BCUT2D eigenvalue weighted by Crippen LogP contribution is -2.55. The third-order valence-electron chi connectivity index (χ3n) is 12.2. The van der Waals surface area contributed by atoms with Gasteiger partial charge in [-0.2, -0.15) is 9.97 Å². The molecule has 0 amide bonds. The van der Waals surface area contributed by atoms with Crippen LogP contribution in [0.15, 0.2) is 121 Å². The molecule has 2 heterocycles. The number of para-hydroxylation sites is 1. The molecule has 0 radical (unpaired) electrons. The maximum absolute atomic E-state index is 5.22. The third-order valence-corrected chi connectivity index (χ3v) is 12.2. The summed E-state index contributed by atoms with van der Waals surface area (Å²) in [5.41, 5.74) is 10.4. The molecule has 226 valence electrons. The SMILES string of the molecule is c1ccc(-c2nc(-c3ccccc3)nc(-n3c4ccccc4c4cc5c(cc43)C3(c4ccccc4-5)C4CC5CC(C4)CC3C5)n2)cc1. The van der Waals surface area contributed by atoms with E-state index < -0.39 is 0 Å². The fraction of sp³-hybridized carbons (Fsp3) is 0.233. The Bertz CT molecular complexity index is 2290. The molecule has 0 saturated heterocycles. The van der Waals surface area contributed by atoms with Crippen LogP contribution in [0.1, 0.15) is 43.2 Å². The number of benzene rings is 5. The topological polar surface area (TPSA) is 43.6 Å². The van der Waals surface area contributed by atoms with Crippen molar-refractivity contribution in [3.05, 3.63) is 132 Å². The van der Waals surface area contributed by atoms with Crippen LogP contribution in [-0.2, 0) is 5.41 Å². The minimum atomic E-state index is 0.0956. The Kier molecular flexibility index (Phi) is 5.25. The quantitative estimate of drug-likeness (QED) is 0.201. The molecular weight excluding hydrogens is 573 g/mol. The number of nitrogens with zero attached hydrogens (tertiary/aromatic N) is 4. The summed E-state index contributed by atoms with van der Waals surface area (Å²) in [7, 11) is 0. The van der Waals surface area contributed by atoms with Crippen molar-refractivity contribution in [1.82, 2.24) is 19.5 Å². The van der Waals surface area contributed by atoms with E-state index in [0.29, 0.717) is 29.4 Å². The number of hydrogen-bond acceptors (Lipinski definition) is 3. The molecule has 0 atom stereocenters. The first kappa shape index (κ1) is 26.0. The van der Waals surface area contributed by atoms with Crippen LogP contribution in [0.2, 0.25) is 0 Å². The van der Waals surface area contributed by atoms with Gasteiger partial charge in [0.15, 0.2) is 11.6 Å². The molecule has 5 aliphatic rings. The molecule has 0 aliphatic heterocycles. The average molecular weight is 607 g/mol. The van der Waals surface area contributed by atoms with Gasteiger partial charge in [-0.05, 0) is 96.2 Å². The molecule has 4 fully saturated rings. The van der Waals surface area contributed by atoms with E-state index in [1.807, 2.05) is 36.4 Å². The van der Waals surface area contributed by atoms with E-state index in [1.165, 1.54) is 59.5 Å². The standard InChI is InChI=1S/C43H34N4/c1-3-11-28(12-4-1)40-44-41(29-13-5-2-6-14-29)46-42(45-40)47-38-18-10-8-16-33(38)35-24-34-32-15-7-9-17-36(32)43(37(34)25-39(35)47)30-20-26-19-27(22-30)23-31(43)21-26/h1-18,24-27,30-31H,19-23H2. The van der Waals surface area contributed by atoms with Gasteiger partial charge < -0.3 is 0 Å². The number of aromatic nitrogens is 4. The smallest absolute Gasteiger partial charge is 0.238 e. The molecule has 0 unspecified atom stereocenters. The lowest BCUT2D eigenvalue weighted by Gasteiger charge is -2.61. The van der Waals surface area contributed by atoms with Gasteiger partial charge in [0.05, 0.1) is 11.0 Å². The van der Waals surface area contributed by atoms with Crippen LogP contribution in [0.25, 0.3) is 61.7 Å². The monoisotopic (exact) mass is 606 g/mol. The van der Waals surface area contributed by atoms with Crippen molar-refractivity contribution in [3.63, 3.8) is 0 Å². The van der Waals surface area contributed by atoms with Crippen LogP contribution < -0.4 is 0 Å². The molecule has 0 N–H and O–H groups in total. The summed E-state index contributed by atoms with van der Waals surface area (Å²) < 4.78 is 2.32. The van der Waals surface area contributed by atoms with Crippen LogP contribution >= 0.6 is 0 Å². The molecule has 4 nitrogen and oxygen atoms in total.